The molecular formula is C10H13O4-. The second-order valence-corrected chi connectivity index (χ2v) is 2.69. The molecule has 0 aliphatic carbocycles. The number of carbonyl (C=O) groups excluding carboxylic acids is 1. The Morgan fingerprint density at radius 3 is 2.07 bits per heavy atom. The summed E-state index contributed by atoms with van der Waals surface area (Å²) in [5.74, 6) is -1.13. The summed E-state index contributed by atoms with van der Waals surface area (Å²) in [5, 5.41) is 26.1. The average Bonchev–Trinajstić information content (AvgIpc) is 2.20. The SMILES string of the molecule is CC(O)CO.O=C([O-])c1ccccc1. The second-order valence-electron chi connectivity index (χ2n) is 2.69. The van der Waals surface area contributed by atoms with Crippen LogP contribution < -0.4 is 5.11 Å². The Kier molecular flexibility index (Phi) is 6.36. The van der Waals surface area contributed by atoms with E-state index in [0.29, 0.717) is 0 Å². The van der Waals surface area contributed by atoms with Crippen LogP contribution in [0.2, 0.25) is 0 Å². The summed E-state index contributed by atoms with van der Waals surface area (Å²) in [6.07, 6.45) is -0.560. The van der Waals surface area contributed by atoms with Gasteiger partial charge in [0.1, 0.15) is 0 Å². The average molecular weight is 197 g/mol. The van der Waals surface area contributed by atoms with Crippen LogP contribution in [-0.2, 0) is 0 Å². The fourth-order valence-electron chi connectivity index (χ4n) is 0.574. The van der Waals surface area contributed by atoms with Crippen molar-refractivity contribution in [2.45, 2.75) is 13.0 Å². The van der Waals surface area contributed by atoms with Crippen molar-refractivity contribution in [3.8, 4) is 0 Å². The van der Waals surface area contributed by atoms with Crippen molar-refractivity contribution in [2.75, 3.05) is 6.61 Å². The molecule has 0 fully saturated rings. The van der Waals surface area contributed by atoms with Crippen molar-refractivity contribution in [2.24, 2.45) is 0 Å². The summed E-state index contributed by atoms with van der Waals surface area (Å²) in [5.41, 5.74) is 0.220. The summed E-state index contributed by atoms with van der Waals surface area (Å²) in [6.45, 7) is 1.39. The van der Waals surface area contributed by atoms with Crippen molar-refractivity contribution in [1.82, 2.24) is 0 Å². The van der Waals surface area contributed by atoms with E-state index in [9.17, 15) is 9.90 Å². The zero-order valence-electron chi connectivity index (χ0n) is 7.88. The van der Waals surface area contributed by atoms with Crippen LogP contribution in [-0.4, -0.2) is 28.9 Å². The first-order chi connectivity index (χ1) is 6.57. The van der Waals surface area contributed by atoms with Crippen molar-refractivity contribution in [3.05, 3.63) is 35.9 Å². The number of carboxylic acids is 1. The quantitative estimate of drug-likeness (QED) is 0.664. The fraction of sp³-hybridized carbons (Fsp3) is 0.300. The fourth-order valence-corrected chi connectivity index (χ4v) is 0.574. The topological polar surface area (TPSA) is 80.6 Å². The number of rotatable bonds is 2. The Hall–Kier alpha value is -1.39. The van der Waals surface area contributed by atoms with Gasteiger partial charge in [0.05, 0.1) is 18.7 Å². The van der Waals surface area contributed by atoms with Gasteiger partial charge in [-0.25, -0.2) is 0 Å². The monoisotopic (exact) mass is 197 g/mol. The Balaban J connectivity index is 0.000000292. The third kappa shape index (κ3) is 6.16. The number of aromatic carboxylic acids is 1. The lowest BCUT2D eigenvalue weighted by Crippen LogP contribution is -2.21. The van der Waals surface area contributed by atoms with E-state index in [1.807, 2.05) is 0 Å². The molecule has 2 N–H and O–H groups in total. The molecule has 0 spiro atoms. The highest BCUT2D eigenvalue weighted by molar-refractivity contribution is 5.85. The maximum Gasteiger partial charge on any atom is 0.0742 e. The largest absolute Gasteiger partial charge is 0.545 e. The molecule has 0 aliphatic rings. The Labute approximate surface area is 82.4 Å². The summed E-state index contributed by atoms with van der Waals surface area (Å²) in [7, 11) is 0. The van der Waals surface area contributed by atoms with E-state index in [1.165, 1.54) is 19.1 Å². The molecule has 0 heterocycles. The van der Waals surface area contributed by atoms with Gasteiger partial charge in [-0.2, -0.15) is 0 Å². The minimum Gasteiger partial charge on any atom is -0.545 e. The predicted octanol–water partition coefficient (Wildman–Crippen LogP) is -0.590. The number of hydrogen-bond acceptors (Lipinski definition) is 4. The van der Waals surface area contributed by atoms with Gasteiger partial charge in [-0.1, -0.05) is 30.3 Å². The second kappa shape index (κ2) is 7.06. The van der Waals surface area contributed by atoms with Crippen LogP contribution in [0.25, 0.3) is 0 Å². The molecule has 1 aromatic carbocycles. The van der Waals surface area contributed by atoms with Gasteiger partial charge in [-0.3, -0.25) is 0 Å². The van der Waals surface area contributed by atoms with E-state index in [1.54, 1.807) is 18.2 Å². The Morgan fingerprint density at radius 1 is 1.43 bits per heavy atom. The Morgan fingerprint density at radius 2 is 1.86 bits per heavy atom. The van der Waals surface area contributed by atoms with E-state index in [2.05, 4.69) is 0 Å². The third-order valence-corrected chi connectivity index (χ3v) is 1.27. The van der Waals surface area contributed by atoms with Crippen LogP contribution in [0.5, 0.6) is 0 Å². The van der Waals surface area contributed by atoms with E-state index in [0.717, 1.165) is 0 Å². The highest BCUT2D eigenvalue weighted by Gasteiger charge is 1.86. The number of carboxylic acid groups (broad SMARTS) is 1. The number of aliphatic hydroxyl groups is 2. The molecule has 1 unspecified atom stereocenters. The van der Waals surface area contributed by atoms with Crippen LogP contribution in [0.1, 0.15) is 17.3 Å². The molecule has 0 saturated carbocycles. The van der Waals surface area contributed by atoms with Gasteiger partial charge in [-0.15, -0.1) is 0 Å². The zero-order valence-corrected chi connectivity index (χ0v) is 7.88. The minimum atomic E-state index is -1.13. The van der Waals surface area contributed by atoms with Crippen LogP contribution in [0, 0.1) is 0 Å². The summed E-state index contributed by atoms with van der Waals surface area (Å²) >= 11 is 0. The molecular weight excluding hydrogens is 184 g/mol. The third-order valence-electron chi connectivity index (χ3n) is 1.27. The summed E-state index contributed by atoms with van der Waals surface area (Å²) in [6, 6.07) is 8.06. The number of hydrogen-bond donors (Lipinski definition) is 2. The van der Waals surface area contributed by atoms with Gasteiger partial charge in [0.2, 0.25) is 0 Å². The van der Waals surface area contributed by atoms with Crippen LogP contribution in [0.4, 0.5) is 0 Å². The number of carbonyl (C=O) groups is 1. The maximum absolute atomic E-state index is 10.1. The van der Waals surface area contributed by atoms with E-state index < -0.39 is 12.1 Å². The molecule has 14 heavy (non-hydrogen) atoms. The van der Waals surface area contributed by atoms with E-state index in [4.69, 9.17) is 10.2 Å². The standard InChI is InChI=1S/C7H6O2.C3H8O2/c8-7(9)6-4-2-1-3-5-6;1-3(5)2-4/h1-5H,(H,8,9);3-5H,2H2,1H3/p-1. The van der Waals surface area contributed by atoms with Crippen LogP contribution in [0.15, 0.2) is 30.3 Å². The van der Waals surface area contributed by atoms with E-state index in [-0.39, 0.29) is 12.2 Å². The van der Waals surface area contributed by atoms with Gasteiger partial charge in [-0.05, 0) is 12.5 Å². The first kappa shape index (κ1) is 12.6. The molecule has 0 bridgehead atoms. The first-order valence-electron chi connectivity index (χ1n) is 4.13. The van der Waals surface area contributed by atoms with Crippen molar-refractivity contribution < 1.29 is 20.1 Å². The molecule has 4 nitrogen and oxygen atoms in total. The van der Waals surface area contributed by atoms with Gasteiger partial charge in [0.25, 0.3) is 0 Å². The minimum absolute atomic E-state index is 0.139. The van der Waals surface area contributed by atoms with Gasteiger partial charge >= 0.3 is 0 Å². The van der Waals surface area contributed by atoms with Crippen LogP contribution in [0.3, 0.4) is 0 Å². The lowest BCUT2D eigenvalue weighted by molar-refractivity contribution is -0.255. The smallest absolute Gasteiger partial charge is 0.0742 e. The van der Waals surface area contributed by atoms with E-state index >= 15 is 0 Å². The van der Waals surface area contributed by atoms with Crippen molar-refractivity contribution >= 4 is 5.97 Å². The molecule has 4 heteroatoms. The maximum atomic E-state index is 10.1. The molecule has 0 amide bonds. The highest BCUT2D eigenvalue weighted by Crippen LogP contribution is 1.94. The van der Waals surface area contributed by atoms with Crippen molar-refractivity contribution in [1.29, 1.82) is 0 Å². The van der Waals surface area contributed by atoms with Gasteiger partial charge in [0, 0.05) is 0 Å². The molecule has 0 saturated heterocycles. The molecule has 78 valence electrons. The molecule has 1 aromatic rings. The van der Waals surface area contributed by atoms with Gasteiger partial charge < -0.3 is 20.1 Å². The molecule has 0 radical (unpaired) electrons. The molecule has 1 rings (SSSR count). The first-order valence-corrected chi connectivity index (χ1v) is 4.13. The zero-order chi connectivity index (χ0) is 11.0. The lowest BCUT2D eigenvalue weighted by Gasteiger charge is -1.97. The number of benzene rings is 1. The van der Waals surface area contributed by atoms with Gasteiger partial charge in [0.15, 0.2) is 0 Å². The molecule has 0 aliphatic heterocycles. The predicted molar refractivity (Wildman–Crippen MR) is 49.5 cm³/mol. The van der Waals surface area contributed by atoms with Crippen molar-refractivity contribution in [3.63, 3.8) is 0 Å². The molecule has 1 atom stereocenters. The highest BCUT2D eigenvalue weighted by atomic mass is 16.4. The summed E-state index contributed by atoms with van der Waals surface area (Å²) < 4.78 is 0. The molecule has 0 aromatic heterocycles. The normalized spacial score (nSPS) is 11.1. The summed E-state index contributed by atoms with van der Waals surface area (Å²) in [4.78, 5) is 10.1. The lowest BCUT2D eigenvalue weighted by atomic mass is 10.2. The van der Waals surface area contributed by atoms with Crippen LogP contribution >= 0.6 is 0 Å². The Bertz CT molecular complexity index is 256. The number of aliphatic hydroxyl groups excluding tert-OH is 2.